The Labute approximate surface area is 117 Å². The topological polar surface area (TPSA) is 55.1 Å². The number of amides is 1. The molecule has 0 aliphatic heterocycles. The van der Waals surface area contributed by atoms with Gasteiger partial charge in [0, 0.05) is 13.0 Å². The van der Waals surface area contributed by atoms with Crippen molar-refractivity contribution >= 4 is 5.91 Å². The van der Waals surface area contributed by atoms with Crippen LogP contribution in [-0.4, -0.2) is 19.0 Å². The minimum absolute atomic E-state index is 0.248. The Morgan fingerprint density at radius 3 is 2.74 bits per heavy atom. The quantitative estimate of drug-likeness (QED) is 0.709. The van der Waals surface area contributed by atoms with Crippen LogP contribution in [0.1, 0.15) is 58.3 Å². The van der Waals surface area contributed by atoms with Crippen LogP contribution in [0, 0.1) is 23.7 Å². The maximum atomic E-state index is 11.9. The third kappa shape index (κ3) is 4.20. The Morgan fingerprint density at radius 1 is 1.32 bits per heavy atom. The van der Waals surface area contributed by atoms with E-state index < -0.39 is 0 Å². The zero-order chi connectivity index (χ0) is 13.7. The van der Waals surface area contributed by atoms with E-state index in [1.807, 2.05) is 0 Å². The van der Waals surface area contributed by atoms with E-state index in [1.165, 1.54) is 25.7 Å². The number of fused-ring (bicyclic) bond motifs is 2. The highest BCUT2D eigenvalue weighted by Crippen LogP contribution is 2.47. The zero-order valence-electron chi connectivity index (χ0n) is 12.4. The standard InChI is InChI=1S/C16H30N2O/c1-2-12(7-8-17)4-6-16(19)18-11-15-10-13-3-5-14(15)9-13/h12-15H,2-11,17H2,1H3,(H,18,19). The summed E-state index contributed by atoms with van der Waals surface area (Å²) in [4.78, 5) is 11.9. The highest BCUT2D eigenvalue weighted by molar-refractivity contribution is 5.75. The number of nitrogens with two attached hydrogens (primary N) is 1. The highest BCUT2D eigenvalue weighted by Gasteiger charge is 2.39. The fraction of sp³-hybridized carbons (Fsp3) is 0.938. The maximum absolute atomic E-state index is 11.9. The van der Waals surface area contributed by atoms with E-state index in [0.29, 0.717) is 12.3 Å². The minimum Gasteiger partial charge on any atom is -0.356 e. The molecule has 0 aromatic rings. The van der Waals surface area contributed by atoms with E-state index in [2.05, 4.69) is 12.2 Å². The Morgan fingerprint density at radius 2 is 2.16 bits per heavy atom. The van der Waals surface area contributed by atoms with Crippen molar-refractivity contribution in [3.63, 3.8) is 0 Å². The number of nitrogens with one attached hydrogen (secondary N) is 1. The number of hydrogen-bond donors (Lipinski definition) is 2. The summed E-state index contributed by atoms with van der Waals surface area (Å²) < 4.78 is 0. The summed E-state index contributed by atoms with van der Waals surface area (Å²) in [5.74, 6) is 3.53. The summed E-state index contributed by atoms with van der Waals surface area (Å²) in [6.45, 7) is 3.85. The molecular formula is C16H30N2O. The molecule has 0 heterocycles. The molecule has 110 valence electrons. The van der Waals surface area contributed by atoms with Crippen molar-refractivity contribution in [2.45, 2.75) is 58.3 Å². The van der Waals surface area contributed by atoms with Crippen LogP contribution in [0.4, 0.5) is 0 Å². The number of carbonyl (C=O) groups excluding carboxylic acids is 1. The van der Waals surface area contributed by atoms with Gasteiger partial charge in [0.1, 0.15) is 0 Å². The Balaban J connectivity index is 1.59. The van der Waals surface area contributed by atoms with Crippen LogP contribution in [0.25, 0.3) is 0 Å². The summed E-state index contributed by atoms with van der Waals surface area (Å²) in [6.07, 6.45) is 9.49. The molecule has 2 fully saturated rings. The summed E-state index contributed by atoms with van der Waals surface area (Å²) in [7, 11) is 0. The third-order valence-electron chi connectivity index (χ3n) is 5.38. The average molecular weight is 266 g/mol. The largest absolute Gasteiger partial charge is 0.356 e. The first-order chi connectivity index (χ1) is 9.22. The van der Waals surface area contributed by atoms with Gasteiger partial charge < -0.3 is 11.1 Å². The molecule has 2 saturated carbocycles. The van der Waals surface area contributed by atoms with E-state index in [4.69, 9.17) is 5.73 Å². The van der Waals surface area contributed by atoms with Gasteiger partial charge in [0.15, 0.2) is 0 Å². The number of hydrogen-bond acceptors (Lipinski definition) is 2. The highest BCUT2D eigenvalue weighted by atomic mass is 16.1. The normalized spacial score (nSPS) is 30.5. The first kappa shape index (κ1) is 14.8. The van der Waals surface area contributed by atoms with Crippen molar-refractivity contribution in [2.75, 3.05) is 13.1 Å². The van der Waals surface area contributed by atoms with Gasteiger partial charge in [-0.05, 0) is 62.3 Å². The summed E-state index contributed by atoms with van der Waals surface area (Å²) in [6, 6.07) is 0. The van der Waals surface area contributed by atoms with Crippen LogP contribution >= 0.6 is 0 Å². The van der Waals surface area contributed by atoms with Crippen molar-refractivity contribution < 1.29 is 4.79 Å². The maximum Gasteiger partial charge on any atom is 0.220 e. The van der Waals surface area contributed by atoms with Gasteiger partial charge in [0.2, 0.25) is 5.91 Å². The average Bonchev–Trinajstić information content (AvgIpc) is 3.03. The molecule has 2 aliphatic carbocycles. The van der Waals surface area contributed by atoms with Gasteiger partial charge in [-0.1, -0.05) is 19.8 Å². The Hall–Kier alpha value is -0.570. The summed E-state index contributed by atoms with van der Waals surface area (Å²) in [5, 5.41) is 3.16. The van der Waals surface area contributed by atoms with Crippen LogP contribution in [0.2, 0.25) is 0 Å². The number of rotatable bonds is 8. The second-order valence-corrected chi connectivity index (χ2v) is 6.63. The van der Waals surface area contributed by atoms with E-state index in [1.54, 1.807) is 0 Å². The third-order valence-corrected chi connectivity index (χ3v) is 5.38. The lowest BCUT2D eigenvalue weighted by Gasteiger charge is -2.22. The molecule has 0 aromatic carbocycles. The molecule has 2 bridgehead atoms. The lowest BCUT2D eigenvalue weighted by molar-refractivity contribution is -0.121. The predicted molar refractivity (Wildman–Crippen MR) is 78.6 cm³/mol. The van der Waals surface area contributed by atoms with Crippen LogP contribution in [-0.2, 0) is 4.79 Å². The predicted octanol–water partition coefficient (Wildman–Crippen LogP) is 2.69. The van der Waals surface area contributed by atoms with Crippen LogP contribution < -0.4 is 11.1 Å². The van der Waals surface area contributed by atoms with Gasteiger partial charge >= 0.3 is 0 Å². The second-order valence-electron chi connectivity index (χ2n) is 6.63. The van der Waals surface area contributed by atoms with Gasteiger partial charge in [-0.15, -0.1) is 0 Å². The van der Waals surface area contributed by atoms with Crippen molar-refractivity contribution in [2.24, 2.45) is 29.4 Å². The molecule has 3 heteroatoms. The second kappa shape index (κ2) is 7.28. The molecule has 4 atom stereocenters. The van der Waals surface area contributed by atoms with Crippen molar-refractivity contribution in [1.82, 2.24) is 5.32 Å². The molecule has 2 aliphatic rings. The Bertz CT molecular complexity index is 292. The van der Waals surface area contributed by atoms with E-state index in [-0.39, 0.29) is 5.91 Å². The molecule has 1 amide bonds. The van der Waals surface area contributed by atoms with Gasteiger partial charge in [-0.2, -0.15) is 0 Å². The first-order valence-electron chi connectivity index (χ1n) is 8.19. The fourth-order valence-electron chi connectivity index (χ4n) is 4.08. The molecule has 0 radical (unpaired) electrons. The smallest absolute Gasteiger partial charge is 0.220 e. The van der Waals surface area contributed by atoms with E-state index in [0.717, 1.165) is 50.1 Å². The van der Waals surface area contributed by atoms with Crippen LogP contribution in [0.15, 0.2) is 0 Å². The molecule has 19 heavy (non-hydrogen) atoms. The molecule has 3 nitrogen and oxygen atoms in total. The zero-order valence-corrected chi connectivity index (χ0v) is 12.4. The molecule has 0 spiro atoms. The van der Waals surface area contributed by atoms with Gasteiger partial charge in [0.05, 0.1) is 0 Å². The molecule has 0 saturated heterocycles. The van der Waals surface area contributed by atoms with Crippen molar-refractivity contribution in [1.29, 1.82) is 0 Å². The number of carbonyl (C=O) groups is 1. The fourth-order valence-corrected chi connectivity index (χ4v) is 4.08. The van der Waals surface area contributed by atoms with E-state index >= 15 is 0 Å². The SMILES string of the molecule is CCC(CCN)CCC(=O)NCC1CC2CCC1C2. The molecule has 3 N–H and O–H groups in total. The van der Waals surface area contributed by atoms with E-state index in [9.17, 15) is 4.79 Å². The van der Waals surface area contributed by atoms with Crippen LogP contribution in [0.3, 0.4) is 0 Å². The first-order valence-corrected chi connectivity index (χ1v) is 8.19. The van der Waals surface area contributed by atoms with Gasteiger partial charge in [-0.3, -0.25) is 4.79 Å². The lowest BCUT2D eigenvalue weighted by Crippen LogP contribution is -2.31. The van der Waals surface area contributed by atoms with Crippen molar-refractivity contribution in [3.8, 4) is 0 Å². The summed E-state index contributed by atoms with van der Waals surface area (Å²) in [5.41, 5.74) is 5.59. The molecule has 4 unspecified atom stereocenters. The van der Waals surface area contributed by atoms with Crippen molar-refractivity contribution in [3.05, 3.63) is 0 Å². The minimum atomic E-state index is 0.248. The van der Waals surface area contributed by atoms with Gasteiger partial charge in [0.25, 0.3) is 0 Å². The monoisotopic (exact) mass is 266 g/mol. The Kier molecular flexibility index (Phi) is 5.68. The molecule has 0 aromatic heterocycles. The lowest BCUT2D eigenvalue weighted by atomic mass is 9.89. The molecule has 2 rings (SSSR count). The molecular weight excluding hydrogens is 236 g/mol. The van der Waals surface area contributed by atoms with Crippen LogP contribution in [0.5, 0.6) is 0 Å². The summed E-state index contributed by atoms with van der Waals surface area (Å²) >= 11 is 0. The van der Waals surface area contributed by atoms with Gasteiger partial charge in [-0.25, -0.2) is 0 Å².